The second kappa shape index (κ2) is 7.12. The van der Waals surface area contributed by atoms with Crippen LogP contribution in [0.3, 0.4) is 0 Å². The topological polar surface area (TPSA) is 42.2 Å². The molecule has 1 heterocycles. The highest BCUT2D eigenvalue weighted by atomic mass is 19.1. The van der Waals surface area contributed by atoms with Gasteiger partial charge in [0, 0.05) is 37.1 Å². The van der Waals surface area contributed by atoms with E-state index in [0.717, 1.165) is 13.1 Å². The molecule has 1 unspecified atom stereocenters. The summed E-state index contributed by atoms with van der Waals surface area (Å²) in [4.78, 5) is 6.21. The standard InChI is InChI=1S/C16H20FN3/c1-2-20(11-13-7-9-19-10-8-13)12-16(18)14-5-3-4-6-15(14)17/h3-10,16H,2,11-12,18H2,1H3. The maximum atomic E-state index is 13.7. The van der Waals surface area contributed by atoms with Gasteiger partial charge >= 0.3 is 0 Å². The Morgan fingerprint density at radius 3 is 2.55 bits per heavy atom. The molecule has 2 rings (SSSR count). The third-order valence-corrected chi connectivity index (χ3v) is 3.36. The predicted molar refractivity (Wildman–Crippen MR) is 78.5 cm³/mol. The van der Waals surface area contributed by atoms with Gasteiger partial charge in [0.25, 0.3) is 0 Å². The van der Waals surface area contributed by atoms with Gasteiger partial charge in [-0.25, -0.2) is 4.39 Å². The number of benzene rings is 1. The van der Waals surface area contributed by atoms with Gasteiger partial charge in [-0.2, -0.15) is 0 Å². The van der Waals surface area contributed by atoms with Gasteiger partial charge in [0.15, 0.2) is 0 Å². The molecule has 2 aromatic rings. The van der Waals surface area contributed by atoms with Crippen molar-refractivity contribution < 1.29 is 4.39 Å². The Morgan fingerprint density at radius 1 is 1.20 bits per heavy atom. The third-order valence-electron chi connectivity index (χ3n) is 3.36. The summed E-state index contributed by atoms with van der Waals surface area (Å²) in [6.07, 6.45) is 3.56. The molecule has 1 atom stereocenters. The van der Waals surface area contributed by atoms with Crippen LogP contribution in [0.1, 0.15) is 24.1 Å². The molecule has 0 aliphatic rings. The van der Waals surface area contributed by atoms with E-state index in [9.17, 15) is 4.39 Å². The first-order chi connectivity index (χ1) is 9.70. The molecule has 0 radical (unpaired) electrons. The number of likely N-dealkylation sites (N-methyl/N-ethyl adjacent to an activating group) is 1. The van der Waals surface area contributed by atoms with Crippen LogP contribution in [0.4, 0.5) is 4.39 Å². The minimum absolute atomic E-state index is 0.236. The summed E-state index contributed by atoms with van der Waals surface area (Å²) in [6.45, 7) is 4.36. The Hall–Kier alpha value is -1.78. The van der Waals surface area contributed by atoms with E-state index < -0.39 is 0 Å². The zero-order valence-electron chi connectivity index (χ0n) is 11.7. The van der Waals surface area contributed by atoms with Gasteiger partial charge in [-0.3, -0.25) is 9.88 Å². The van der Waals surface area contributed by atoms with Crippen LogP contribution < -0.4 is 5.73 Å². The number of hydrogen-bond donors (Lipinski definition) is 1. The van der Waals surface area contributed by atoms with Crippen LogP contribution >= 0.6 is 0 Å². The third kappa shape index (κ3) is 3.85. The zero-order chi connectivity index (χ0) is 14.4. The summed E-state index contributed by atoms with van der Waals surface area (Å²) in [6, 6.07) is 10.3. The van der Waals surface area contributed by atoms with Gasteiger partial charge in [-0.1, -0.05) is 25.1 Å². The molecule has 106 valence electrons. The maximum absolute atomic E-state index is 13.7. The van der Waals surface area contributed by atoms with Crippen LogP contribution in [0.5, 0.6) is 0 Å². The first-order valence-corrected chi connectivity index (χ1v) is 6.82. The predicted octanol–water partition coefficient (Wildman–Crippen LogP) is 2.74. The molecule has 0 saturated heterocycles. The van der Waals surface area contributed by atoms with E-state index in [2.05, 4.69) is 16.8 Å². The Balaban J connectivity index is 2.01. The van der Waals surface area contributed by atoms with Crippen molar-refractivity contribution in [1.82, 2.24) is 9.88 Å². The molecule has 0 saturated carbocycles. The van der Waals surface area contributed by atoms with Crippen molar-refractivity contribution in [3.05, 3.63) is 65.7 Å². The average molecular weight is 273 g/mol. The highest BCUT2D eigenvalue weighted by Crippen LogP contribution is 2.16. The van der Waals surface area contributed by atoms with Gasteiger partial charge < -0.3 is 5.73 Å². The molecule has 0 aliphatic heterocycles. The lowest BCUT2D eigenvalue weighted by atomic mass is 10.1. The number of hydrogen-bond acceptors (Lipinski definition) is 3. The molecule has 0 bridgehead atoms. The molecule has 2 N–H and O–H groups in total. The van der Waals surface area contributed by atoms with Gasteiger partial charge in [0.2, 0.25) is 0 Å². The normalized spacial score (nSPS) is 12.6. The van der Waals surface area contributed by atoms with Crippen molar-refractivity contribution in [2.45, 2.75) is 19.5 Å². The maximum Gasteiger partial charge on any atom is 0.128 e. The Morgan fingerprint density at radius 2 is 1.90 bits per heavy atom. The first-order valence-electron chi connectivity index (χ1n) is 6.82. The molecule has 0 aliphatic carbocycles. The van der Waals surface area contributed by atoms with Crippen molar-refractivity contribution in [2.75, 3.05) is 13.1 Å². The molecule has 1 aromatic carbocycles. The van der Waals surface area contributed by atoms with E-state index in [1.807, 2.05) is 18.2 Å². The quantitative estimate of drug-likeness (QED) is 0.880. The van der Waals surface area contributed by atoms with Crippen LogP contribution in [0.25, 0.3) is 0 Å². The average Bonchev–Trinajstić information content (AvgIpc) is 2.48. The molecular formula is C16H20FN3. The zero-order valence-corrected chi connectivity index (χ0v) is 11.7. The van der Waals surface area contributed by atoms with E-state index in [1.165, 1.54) is 11.6 Å². The van der Waals surface area contributed by atoms with Crippen molar-refractivity contribution >= 4 is 0 Å². The fourth-order valence-corrected chi connectivity index (χ4v) is 2.20. The number of rotatable bonds is 6. The number of nitrogens with zero attached hydrogens (tertiary/aromatic N) is 2. The van der Waals surface area contributed by atoms with Gasteiger partial charge in [-0.15, -0.1) is 0 Å². The summed E-state index contributed by atoms with van der Waals surface area (Å²) in [5.41, 5.74) is 7.88. The van der Waals surface area contributed by atoms with Gasteiger partial charge in [-0.05, 0) is 30.3 Å². The number of pyridine rings is 1. The fraction of sp³-hybridized carbons (Fsp3) is 0.312. The van der Waals surface area contributed by atoms with Crippen molar-refractivity contribution in [3.8, 4) is 0 Å². The van der Waals surface area contributed by atoms with E-state index in [4.69, 9.17) is 5.73 Å². The molecule has 0 fully saturated rings. The summed E-state index contributed by atoms with van der Waals surface area (Å²) >= 11 is 0. The lowest BCUT2D eigenvalue weighted by Gasteiger charge is -2.24. The largest absolute Gasteiger partial charge is 0.323 e. The van der Waals surface area contributed by atoms with E-state index >= 15 is 0 Å². The lowest BCUT2D eigenvalue weighted by Crippen LogP contribution is -2.32. The van der Waals surface area contributed by atoms with Crippen molar-refractivity contribution in [2.24, 2.45) is 5.73 Å². The molecule has 4 heteroatoms. The monoisotopic (exact) mass is 273 g/mol. The Kier molecular flexibility index (Phi) is 5.21. The van der Waals surface area contributed by atoms with Crippen LogP contribution in [0.15, 0.2) is 48.8 Å². The number of aromatic nitrogens is 1. The minimum atomic E-state index is -0.321. The SMILES string of the molecule is CCN(Cc1ccncc1)CC(N)c1ccccc1F. The first kappa shape index (κ1) is 14.6. The van der Waals surface area contributed by atoms with Crippen LogP contribution in [-0.2, 0) is 6.54 Å². The fourth-order valence-electron chi connectivity index (χ4n) is 2.20. The van der Waals surface area contributed by atoms with Crippen LogP contribution in [0, 0.1) is 5.82 Å². The summed E-state index contributed by atoms with van der Waals surface area (Å²) in [5, 5.41) is 0. The highest BCUT2D eigenvalue weighted by Gasteiger charge is 2.14. The van der Waals surface area contributed by atoms with E-state index in [1.54, 1.807) is 24.5 Å². The second-order valence-corrected chi connectivity index (χ2v) is 4.81. The molecule has 1 aromatic heterocycles. The van der Waals surface area contributed by atoms with Crippen molar-refractivity contribution in [3.63, 3.8) is 0 Å². The number of nitrogens with two attached hydrogens (primary N) is 1. The molecule has 20 heavy (non-hydrogen) atoms. The minimum Gasteiger partial charge on any atom is -0.323 e. The van der Waals surface area contributed by atoms with E-state index in [-0.39, 0.29) is 11.9 Å². The molecule has 0 amide bonds. The summed E-state index contributed by atoms with van der Waals surface area (Å²) < 4.78 is 13.7. The van der Waals surface area contributed by atoms with E-state index in [0.29, 0.717) is 12.1 Å². The Bertz CT molecular complexity index is 530. The van der Waals surface area contributed by atoms with Crippen molar-refractivity contribution in [1.29, 1.82) is 0 Å². The van der Waals surface area contributed by atoms with Gasteiger partial charge in [0.05, 0.1) is 0 Å². The van der Waals surface area contributed by atoms with Gasteiger partial charge in [0.1, 0.15) is 5.82 Å². The molecule has 0 spiro atoms. The smallest absolute Gasteiger partial charge is 0.128 e. The second-order valence-electron chi connectivity index (χ2n) is 4.81. The van der Waals surface area contributed by atoms with Crippen LogP contribution in [-0.4, -0.2) is 23.0 Å². The summed E-state index contributed by atoms with van der Waals surface area (Å²) in [5.74, 6) is -0.236. The molecular weight excluding hydrogens is 253 g/mol. The highest BCUT2D eigenvalue weighted by molar-refractivity contribution is 5.21. The van der Waals surface area contributed by atoms with Crippen LogP contribution in [0.2, 0.25) is 0 Å². The summed E-state index contributed by atoms with van der Waals surface area (Å²) in [7, 11) is 0. The lowest BCUT2D eigenvalue weighted by molar-refractivity contribution is 0.260. The Labute approximate surface area is 119 Å². The number of halogens is 1. The molecule has 3 nitrogen and oxygen atoms in total.